The van der Waals surface area contributed by atoms with Crippen molar-refractivity contribution in [1.29, 1.82) is 0 Å². The Morgan fingerprint density at radius 3 is 2.53 bits per heavy atom. The van der Waals surface area contributed by atoms with Crippen LogP contribution in [0, 0.1) is 5.92 Å². The highest BCUT2D eigenvalue weighted by Gasteiger charge is 2.31. The van der Waals surface area contributed by atoms with E-state index in [0.717, 1.165) is 12.5 Å². The van der Waals surface area contributed by atoms with Gasteiger partial charge in [0.2, 0.25) is 0 Å². The van der Waals surface area contributed by atoms with Gasteiger partial charge in [-0.05, 0) is 37.8 Å². The molecule has 106 valence electrons. The van der Waals surface area contributed by atoms with Gasteiger partial charge >= 0.3 is 0 Å². The van der Waals surface area contributed by atoms with Gasteiger partial charge in [0.25, 0.3) is 0 Å². The summed E-state index contributed by atoms with van der Waals surface area (Å²) in [6.07, 6.45) is 2.63. The van der Waals surface area contributed by atoms with Gasteiger partial charge in [0.1, 0.15) is 0 Å². The zero-order valence-corrected chi connectivity index (χ0v) is 12.6. The first kappa shape index (κ1) is 14.5. The lowest BCUT2D eigenvalue weighted by molar-refractivity contribution is 0.104. The van der Waals surface area contributed by atoms with Crippen LogP contribution in [0.25, 0.3) is 0 Å². The topological polar surface area (TPSA) is 29.3 Å². The van der Waals surface area contributed by atoms with Crippen molar-refractivity contribution in [2.24, 2.45) is 11.7 Å². The van der Waals surface area contributed by atoms with Crippen LogP contribution in [0.15, 0.2) is 30.3 Å². The van der Waals surface area contributed by atoms with Gasteiger partial charge in [0.05, 0.1) is 0 Å². The molecule has 0 saturated carbocycles. The molecule has 1 aliphatic heterocycles. The number of likely N-dealkylation sites (tertiary alicyclic amines) is 1. The van der Waals surface area contributed by atoms with Crippen molar-refractivity contribution in [2.45, 2.75) is 45.1 Å². The maximum Gasteiger partial charge on any atom is 0.0174 e. The number of nitrogens with zero attached hydrogens (tertiary/aromatic N) is 1. The zero-order chi connectivity index (χ0) is 13.9. The first-order valence-electron chi connectivity index (χ1n) is 7.55. The Hall–Kier alpha value is -0.860. The van der Waals surface area contributed by atoms with Crippen molar-refractivity contribution in [3.8, 4) is 0 Å². The summed E-state index contributed by atoms with van der Waals surface area (Å²) in [5.41, 5.74) is 7.53. The predicted molar refractivity (Wildman–Crippen MR) is 82.3 cm³/mol. The summed E-state index contributed by atoms with van der Waals surface area (Å²) in [4.78, 5) is 2.62. The molecular formula is C17H28N2. The minimum absolute atomic E-state index is 0.0656. The SMILES string of the molecule is CC1CCN(CC(C)(CN)c2ccccc2)C(C)C1. The summed E-state index contributed by atoms with van der Waals surface area (Å²) in [5, 5.41) is 0. The Morgan fingerprint density at radius 1 is 1.26 bits per heavy atom. The summed E-state index contributed by atoms with van der Waals surface area (Å²) >= 11 is 0. The lowest BCUT2D eigenvalue weighted by Crippen LogP contribution is -2.49. The lowest BCUT2D eigenvalue weighted by Gasteiger charge is -2.42. The molecule has 1 heterocycles. The Balaban J connectivity index is 2.10. The normalized spacial score (nSPS) is 28.0. The second kappa shape index (κ2) is 6.06. The summed E-state index contributed by atoms with van der Waals surface area (Å²) < 4.78 is 0. The fourth-order valence-electron chi connectivity index (χ4n) is 3.25. The van der Waals surface area contributed by atoms with Crippen molar-refractivity contribution in [1.82, 2.24) is 4.90 Å². The van der Waals surface area contributed by atoms with E-state index in [1.807, 2.05) is 0 Å². The maximum atomic E-state index is 6.10. The van der Waals surface area contributed by atoms with Gasteiger partial charge in [-0.15, -0.1) is 0 Å². The highest BCUT2D eigenvalue weighted by atomic mass is 15.2. The van der Waals surface area contributed by atoms with E-state index < -0.39 is 0 Å². The third kappa shape index (κ3) is 3.37. The van der Waals surface area contributed by atoms with Crippen molar-refractivity contribution in [3.05, 3.63) is 35.9 Å². The second-order valence-electron chi connectivity index (χ2n) is 6.58. The van der Waals surface area contributed by atoms with E-state index in [1.54, 1.807) is 0 Å². The minimum atomic E-state index is 0.0656. The molecule has 0 amide bonds. The number of nitrogens with two attached hydrogens (primary N) is 1. The number of hydrogen-bond acceptors (Lipinski definition) is 2. The van der Waals surface area contributed by atoms with Gasteiger partial charge in [-0.25, -0.2) is 0 Å². The van der Waals surface area contributed by atoms with E-state index in [2.05, 4.69) is 56.0 Å². The molecule has 0 aromatic heterocycles. The highest BCUT2D eigenvalue weighted by Crippen LogP contribution is 2.29. The minimum Gasteiger partial charge on any atom is -0.330 e. The molecule has 19 heavy (non-hydrogen) atoms. The third-order valence-corrected chi connectivity index (χ3v) is 4.75. The molecule has 0 aliphatic carbocycles. The number of hydrogen-bond donors (Lipinski definition) is 1. The Morgan fingerprint density at radius 2 is 1.95 bits per heavy atom. The molecule has 3 atom stereocenters. The van der Waals surface area contributed by atoms with Crippen LogP contribution in [0.4, 0.5) is 0 Å². The number of rotatable bonds is 4. The van der Waals surface area contributed by atoms with E-state index in [4.69, 9.17) is 5.73 Å². The molecule has 1 aromatic rings. The number of piperidine rings is 1. The third-order valence-electron chi connectivity index (χ3n) is 4.75. The Bertz CT molecular complexity index is 390. The maximum absolute atomic E-state index is 6.10. The summed E-state index contributed by atoms with van der Waals surface area (Å²) in [5.74, 6) is 0.868. The zero-order valence-electron chi connectivity index (χ0n) is 12.6. The molecule has 1 fully saturated rings. The van der Waals surface area contributed by atoms with Crippen molar-refractivity contribution in [3.63, 3.8) is 0 Å². The summed E-state index contributed by atoms with van der Waals surface area (Å²) in [7, 11) is 0. The van der Waals surface area contributed by atoms with E-state index in [9.17, 15) is 0 Å². The van der Waals surface area contributed by atoms with Gasteiger partial charge < -0.3 is 5.73 Å². The van der Waals surface area contributed by atoms with Gasteiger partial charge in [-0.2, -0.15) is 0 Å². The van der Waals surface area contributed by atoms with Crippen LogP contribution in [0.5, 0.6) is 0 Å². The van der Waals surface area contributed by atoms with Crippen molar-refractivity contribution < 1.29 is 0 Å². The van der Waals surface area contributed by atoms with Gasteiger partial charge in [-0.1, -0.05) is 44.2 Å². The first-order chi connectivity index (χ1) is 9.05. The molecule has 2 nitrogen and oxygen atoms in total. The van der Waals surface area contributed by atoms with E-state index in [1.165, 1.54) is 24.9 Å². The fraction of sp³-hybridized carbons (Fsp3) is 0.647. The van der Waals surface area contributed by atoms with Crippen LogP contribution in [0.2, 0.25) is 0 Å². The average Bonchev–Trinajstić information content (AvgIpc) is 2.43. The molecule has 2 N–H and O–H groups in total. The fourth-order valence-corrected chi connectivity index (χ4v) is 3.25. The summed E-state index contributed by atoms with van der Waals surface area (Å²) in [6, 6.07) is 11.4. The van der Waals surface area contributed by atoms with E-state index in [0.29, 0.717) is 12.6 Å². The smallest absolute Gasteiger partial charge is 0.0174 e. The van der Waals surface area contributed by atoms with Gasteiger partial charge in [-0.3, -0.25) is 4.90 Å². The molecule has 2 heteroatoms. The average molecular weight is 260 g/mol. The predicted octanol–water partition coefficient (Wildman–Crippen LogP) is 3.02. The highest BCUT2D eigenvalue weighted by molar-refractivity contribution is 5.25. The van der Waals surface area contributed by atoms with Gasteiger partial charge in [0, 0.05) is 24.5 Å². The molecule has 3 unspecified atom stereocenters. The quantitative estimate of drug-likeness (QED) is 0.901. The molecule has 1 saturated heterocycles. The van der Waals surface area contributed by atoms with Crippen LogP contribution in [-0.4, -0.2) is 30.6 Å². The Labute approximate surface area is 118 Å². The largest absolute Gasteiger partial charge is 0.330 e. The van der Waals surface area contributed by atoms with Crippen LogP contribution < -0.4 is 5.73 Å². The Kier molecular flexibility index (Phi) is 4.64. The van der Waals surface area contributed by atoms with Crippen LogP contribution in [0.1, 0.15) is 39.2 Å². The summed E-state index contributed by atoms with van der Waals surface area (Å²) in [6.45, 7) is 10.0. The molecule has 2 rings (SSSR count). The standard InChI is InChI=1S/C17H28N2/c1-14-9-10-19(15(2)11-14)13-17(3,12-18)16-7-5-4-6-8-16/h4-8,14-15H,9-13,18H2,1-3H3. The molecule has 1 aromatic carbocycles. The lowest BCUT2D eigenvalue weighted by atomic mass is 9.80. The van der Waals surface area contributed by atoms with Crippen molar-refractivity contribution in [2.75, 3.05) is 19.6 Å². The molecule has 0 spiro atoms. The molecule has 0 radical (unpaired) electrons. The first-order valence-corrected chi connectivity index (χ1v) is 7.55. The number of benzene rings is 1. The van der Waals surface area contributed by atoms with Gasteiger partial charge in [0.15, 0.2) is 0 Å². The van der Waals surface area contributed by atoms with E-state index in [-0.39, 0.29) is 5.41 Å². The van der Waals surface area contributed by atoms with Crippen LogP contribution in [0.3, 0.4) is 0 Å². The molecule has 0 bridgehead atoms. The van der Waals surface area contributed by atoms with Crippen molar-refractivity contribution >= 4 is 0 Å². The second-order valence-corrected chi connectivity index (χ2v) is 6.58. The molecule has 1 aliphatic rings. The van der Waals surface area contributed by atoms with Crippen LogP contribution in [-0.2, 0) is 5.41 Å². The molecular weight excluding hydrogens is 232 g/mol. The van der Waals surface area contributed by atoms with E-state index >= 15 is 0 Å². The van der Waals surface area contributed by atoms with Crippen LogP contribution >= 0.6 is 0 Å². The monoisotopic (exact) mass is 260 g/mol.